The lowest BCUT2D eigenvalue weighted by Gasteiger charge is -2.13. The fourth-order valence-corrected chi connectivity index (χ4v) is 1.73. The number of nitrogens with zero attached hydrogens (tertiary/aromatic N) is 1. The lowest BCUT2D eigenvalue weighted by Crippen LogP contribution is -2.07. The van der Waals surface area contributed by atoms with E-state index < -0.39 is 17.6 Å². The number of alkyl halides is 3. The zero-order valence-electron chi connectivity index (χ0n) is 9.50. The van der Waals surface area contributed by atoms with E-state index in [0.29, 0.717) is 0 Å². The van der Waals surface area contributed by atoms with Gasteiger partial charge in [0.25, 0.3) is 0 Å². The molecule has 0 heterocycles. The van der Waals surface area contributed by atoms with Gasteiger partial charge in [-0.3, -0.25) is 0 Å². The van der Waals surface area contributed by atoms with E-state index in [2.05, 4.69) is 0 Å². The molecule has 96 valence electrons. The molecule has 0 fully saturated rings. The molecule has 2 aromatic rings. The molecule has 0 aliphatic rings. The van der Waals surface area contributed by atoms with Crippen LogP contribution in [0.2, 0.25) is 0 Å². The molecular weight excluding hydrogens is 258 g/mol. The third kappa shape index (κ3) is 2.74. The van der Waals surface area contributed by atoms with E-state index >= 15 is 0 Å². The minimum absolute atomic E-state index is 0.118. The van der Waals surface area contributed by atoms with Crippen LogP contribution in [-0.2, 0) is 6.18 Å². The Hall–Kier alpha value is -2.35. The standard InChI is InChI=1S/C14H7F4N/c15-11-4-2-10(3-5-11)12-7-9(8-19)1-6-13(12)14(16,17)18/h1-7H. The Labute approximate surface area is 106 Å². The summed E-state index contributed by atoms with van der Waals surface area (Å²) >= 11 is 0. The molecule has 0 aliphatic heterocycles. The fraction of sp³-hybridized carbons (Fsp3) is 0.0714. The molecule has 5 heteroatoms. The highest BCUT2D eigenvalue weighted by molar-refractivity contribution is 5.69. The van der Waals surface area contributed by atoms with Crippen LogP contribution in [0.3, 0.4) is 0 Å². The van der Waals surface area contributed by atoms with Crippen LogP contribution < -0.4 is 0 Å². The van der Waals surface area contributed by atoms with Crippen molar-refractivity contribution in [2.24, 2.45) is 0 Å². The number of rotatable bonds is 1. The van der Waals surface area contributed by atoms with E-state index in [1.807, 2.05) is 0 Å². The molecule has 0 saturated carbocycles. The molecule has 0 bridgehead atoms. The van der Waals surface area contributed by atoms with Gasteiger partial charge < -0.3 is 0 Å². The quantitative estimate of drug-likeness (QED) is 0.702. The predicted molar refractivity (Wildman–Crippen MR) is 61.6 cm³/mol. The summed E-state index contributed by atoms with van der Waals surface area (Å²) in [6.45, 7) is 0. The Morgan fingerprint density at radius 1 is 0.947 bits per heavy atom. The summed E-state index contributed by atoms with van der Waals surface area (Å²) in [5, 5.41) is 8.76. The summed E-state index contributed by atoms with van der Waals surface area (Å²) in [6.07, 6.45) is -4.53. The van der Waals surface area contributed by atoms with Crippen molar-refractivity contribution in [2.45, 2.75) is 6.18 Å². The molecule has 0 spiro atoms. The third-order valence-electron chi connectivity index (χ3n) is 2.61. The molecule has 0 atom stereocenters. The Morgan fingerprint density at radius 2 is 1.58 bits per heavy atom. The number of hydrogen-bond acceptors (Lipinski definition) is 1. The molecule has 19 heavy (non-hydrogen) atoms. The first-order valence-electron chi connectivity index (χ1n) is 5.29. The molecule has 0 aromatic heterocycles. The van der Waals surface area contributed by atoms with Crippen molar-refractivity contribution < 1.29 is 17.6 Å². The number of nitriles is 1. The van der Waals surface area contributed by atoms with Gasteiger partial charge in [0.1, 0.15) is 5.82 Å². The number of halogens is 4. The number of hydrogen-bond donors (Lipinski definition) is 0. The van der Waals surface area contributed by atoms with E-state index in [-0.39, 0.29) is 16.7 Å². The van der Waals surface area contributed by atoms with E-state index in [9.17, 15) is 17.6 Å². The Balaban J connectivity index is 2.66. The normalized spacial score (nSPS) is 11.1. The molecule has 0 saturated heterocycles. The third-order valence-corrected chi connectivity index (χ3v) is 2.61. The minimum Gasteiger partial charge on any atom is -0.207 e. The molecule has 0 aliphatic carbocycles. The lowest BCUT2D eigenvalue weighted by molar-refractivity contribution is -0.137. The second-order valence-electron chi connectivity index (χ2n) is 3.88. The highest BCUT2D eigenvalue weighted by Crippen LogP contribution is 2.37. The molecule has 2 aromatic carbocycles. The topological polar surface area (TPSA) is 23.8 Å². The van der Waals surface area contributed by atoms with Gasteiger partial charge in [0, 0.05) is 0 Å². The van der Waals surface area contributed by atoms with Gasteiger partial charge in [-0.05, 0) is 41.5 Å². The van der Waals surface area contributed by atoms with Gasteiger partial charge in [-0.25, -0.2) is 4.39 Å². The Kier molecular flexibility index (Phi) is 3.26. The minimum atomic E-state index is -4.53. The Bertz CT molecular complexity index is 636. The van der Waals surface area contributed by atoms with E-state index in [4.69, 9.17) is 5.26 Å². The van der Waals surface area contributed by atoms with Gasteiger partial charge >= 0.3 is 6.18 Å². The van der Waals surface area contributed by atoms with E-state index in [1.165, 1.54) is 12.1 Å². The lowest BCUT2D eigenvalue weighted by atomic mass is 9.97. The summed E-state index contributed by atoms with van der Waals surface area (Å²) < 4.78 is 51.5. The van der Waals surface area contributed by atoms with Crippen LogP contribution in [0.5, 0.6) is 0 Å². The second kappa shape index (κ2) is 4.73. The average molecular weight is 265 g/mol. The zero-order valence-corrected chi connectivity index (χ0v) is 9.50. The second-order valence-corrected chi connectivity index (χ2v) is 3.88. The maximum absolute atomic E-state index is 12.9. The van der Waals surface area contributed by atoms with Crippen LogP contribution in [0, 0.1) is 17.1 Å². The number of benzene rings is 2. The average Bonchev–Trinajstić information content (AvgIpc) is 2.38. The Morgan fingerprint density at radius 3 is 2.11 bits per heavy atom. The first-order chi connectivity index (χ1) is 8.91. The molecular formula is C14H7F4N. The highest BCUT2D eigenvalue weighted by Gasteiger charge is 2.33. The van der Waals surface area contributed by atoms with Gasteiger partial charge in [-0.2, -0.15) is 18.4 Å². The molecule has 0 amide bonds. The first kappa shape index (κ1) is 13.1. The molecule has 0 unspecified atom stereocenters. The van der Waals surface area contributed by atoms with E-state index in [0.717, 1.165) is 30.3 Å². The maximum atomic E-state index is 12.9. The zero-order chi connectivity index (χ0) is 14.0. The molecule has 1 nitrogen and oxygen atoms in total. The van der Waals surface area contributed by atoms with Gasteiger partial charge in [-0.1, -0.05) is 12.1 Å². The van der Waals surface area contributed by atoms with Crippen molar-refractivity contribution in [1.82, 2.24) is 0 Å². The molecule has 0 radical (unpaired) electrons. The van der Waals surface area contributed by atoms with Gasteiger partial charge in [0.2, 0.25) is 0 Å². The van der Waals surface area contributed by atoms with Crippen LogP contribution in [0.4, 0.5) is 17.6 Å². The molecule has 2 rings (SSSR count). The van der Waals surface area contributed by atoms with Crippen molar-refractivity contribution in [1.29, 1.82) is 5.26 Å². The van der Waals surface area contributed by atoms with Crippen molar-refractivity contribution in [3.05, 3.63) is 59.4 Å². The van der Waals surface area contributed by atoms with Crippen molar-refractivity contribution in [2.75, 3.05) is 0 Å². The summed E-state index contributed by atoms with van der Waals surface area (Å²) in [4.78, 5) is 0. The van der Waals surface area contributed by atoms with Crippen LogP contribution >= 0.6 is 0 Å². The van der Waals surface area contributed by atoms with E-state index in [1.54, 1.807) is 6.07 Å². The summed E-state index contributed by atoms with van der Waals surface area (Å²) in [6, 6.07) is 9.56. The summed E-state index contributed by atoms with van der Waals surface area (Å²) in [7, 11) is 0. The fourth-order valence-electron chi connectivity index (χ4n) is 1.73. The van der Waals surface area contributed by atoms with Crippen molar-refractivity contribution in [3.63, 3.8) is 0 Å². The van der Waals surface area contributed by atoms with Crippen LogP contribution in [0.1, 0.15) is 11.1 Å². The monoisotopic (exact) mass is 265 g/mol. The summed E-state index contributed by atoms with van der Waals surface area (Å²) in [5.41, 5.74) is -0.650. The largest absolute Gasteiger partial charge is 0.417 e. The van der Waals surface area contributed by atoms with Gasteiger partial charge in [-0.15, -0.1) is 0 Å². The highest BCUT2D eigenvalue weighted by atomic mass is 19.4. The maximum Gasteiger partial charge on any atom is 0.417 e. The smallest absolute Gasteiger partial charge is 0.207 e. The van der Waals surface area contributed by atoms with Crippen LogP contribution in [-0.4, -0.2) is 0 Å². The van der Waals surface area contributed by atoms with Crippen molar-refractivity contribution >= 4 is 0 Å². The van der Waals surface area contributed by atoms with Crippen LogP contribution in [0.15, 0.2) is 42.5 Å². The van der Waals surface area contributed by atoms with Crippen LogP contribution in [0.25, 0.3) is 11.1 Å². The van der Waals surface area contributed by atoms with Crippen molar-refractivity contribution in [3.8, 4) is 17.2 Å². The molecule has 0 N–H and O–H groups in total. The predicted octanol–water partition coefficient (Wildman–Crippen LogP) is 4.38. The van der Waals surface area contributed by atoms with Gasteiger partial charge in [0.15, 0.2) is 0 Å². The first-order valence-corrected chi connectivity index (χ1v) is 5.29. The SMILES string of the molecule is N#Cc1ccc(C(F)(F)F)c(-c2ccc(F)cc2)c1. The van der Waals surface area contributed by atoms with Gasteiger partial charge in [0.05, 0.1) is 17.2 Å². The summed E-state index contributed by atoms with van der Waals surface area (Å²) in [5.74, 6) is -0.534.